The van der Waals surface area contributed by atoms with Crippen molar-refractivity contribution < 1.29 is 27.9 Å². The van der Waals surface area contributed by atoms with Gasteiger partial charge in [-0.3, -0.25) is 14.7 Å². The van der Waals surface area contributed by atoms with Crippen molar-refractivity contribution in [2.75, 3.05) is 0 Å². The molecule has 2 aromatic carbocycles. The molecule has 1 aromatic heterocycles. The Kier molecular flexibility index (Phi) is 6.01. The number of nitrogens with zero attached hydrogens (tertiary/aromatic N) is 2. The largest absolute Gasteiger partial charge is 0.478 e. The molecule has 0 aliphatic carbocycles. The summed E-state index contributed by atoms with van der Waals surface area (Å²) in [6.07, 6.45) is -4.49. The van der Waals surface area contributed by atoms with Crippen molar-refractivity contribution in [1.82, 2.24) is 15.2 Å². The molecule has 1 heterocycles. The number of carbonyl (C=O) groups excluding carboxylic acids is 1. The molecule has 0 saturated heterocycles. The number of rotatable bonds is 5. The van der Waals surface area contributed by atoms with Crippen molar-refractivity contribution in [3.8, 4) is 5.69 Å². The van der Waals surface area contributed by atoms with E-state index in [1.54, 1.807) is 6.92 Å². The molecule has 3 rings (SSSR count). The van der Waals surface area contributed by atoms with Gasteiger partial charge < -0.3 is 5.11 Å². The van der Waals surface area contributed by atoms with Crippen LogP contribution in [0.15, 0.2) is 58.4 Å². The number of hydrogen-bond acceptors (Lipinski definition) is 4. The summed E-state index contributed by atoms with van der Waals surface area (Å²) in [6.45, 7) is 3.07. The van der Waals surface area contributed by atoms with Crippen molar-refractivity contribution >= 4 is 17.6 Å². The molecule has 3 N–H and O–H groups in total. The summed E-state index contributed by atoms with van der Waals surface area (Å²) in [6, 6.07) is 9.26. The van der Waals surface area contributed by atoms with Gasteiger partial charge in [0.05, 0.1) is 28.1 Å². The topological polar surface area (TPSA) is 117 Å². The molecule has 0 aliphatic rings. The molecule has 0 atom stereocenters. The quantitative estimate of drug-likeness (QED) is 0.412. The lowest BCUT2D eigenvalue weighted by molar-refractivity contribution is -0.137. The Morgan fingerprint density at radius 3 is 2.12 bits per heavy atom. The number of carboxylic acids is 1. The Bertz CT molecular complexity index is 1250. The average Bonchev–Trinajstić information content (AvgIpc) is 3.05. The number of aromatic amines is 1. The van der Waals surface area contributed by atoms with Crippen LogP contribution in [0.5, 0.6) is 0 Å². The molecule has 8 nitrogen and oxygen atoms in total. The Morgan fingerprint density at radius 2 is 1.59 bits per heavy atom. The molecular weight excluding hydrogens is 429 g/mol. The highest BCUT2D eigenvalue weighted by atomic mass is 19.4. The number of hydrogen-bond donors (Lipinski definition) is 3. The van der Waals surface area contributed by atoms with Crippen molar-refractivity contribution in [3.05, 3.63) is 86.8 Å². The minimum Gasteiger partial charge on any atom is -0.478 e. The second kappa shape index (κ2) is 8.53. The molecule has 0 aliphatic heterocycles. The summed E-state index contributed by atoms with van der Waals surface area (Å²) in [5, 5.41) is 15.6. The summed E-state index contributed by atoms with van der Waals surface area (Å²) < 4.78 is 39.3. The van der Waals surface area contributed by atoms with E-state index in [1.807, 2.05) is 0 Å². The molecule has 3 aromatic rings. The van der Waals surface area contributed by atoms with E-state index < -0.39 is 29.2 Å². The molecule has 0 fully saturated rings. The Hall–Kier alpha value is -4.15. The molecule has 166 valence electrons. The monoisotopic (exact) mass is 446 g/mol. The highest BCUT2D eigenvalue weighted by Crippen LogP contribution is 2.29. The lowest BCUT2D eigenvalue weighted by atomic mass is 10.1. The minimum absolute atomic E-state index is 0.0213. The predicted octanol–water partition coefficient (Wildman–Crippen LogP) is 3.35. The van der Waals surface area contributed by atoms with E-state index >= 15 is 0 Å². The second-order valence-corrected chi connectivity index (χ2v) is 6.82. The van der Waals surface area contributed by atoms with Crippen LogP contribution < -0.4 is 11.0 Å². The number of amides is 1. The number of halogens is 3. The number of benzene rings is 2. The number of carboxylic acid groups (broad SMARTS) is 1. The Balaban J connectivity index is 1.83. The van der Waals surface area contributed by atoms with Gasteiger partial charge in [-0.05, 0) is 62.4 Å². The van der Waals surface area contributed by atoms with E-state index in [0.717, 1.165) is 16.8 Å². The number of carbonyl (C=O) groups is 2. The maximum Gasteiger partial charge on any atom is 0.416 e. The van der Waals surface area contributed by atoms with Crippen LogP contribution in [0.4, 0.5) is 13.2 Å². The zero-order valence-corrected chi connectivity index (χ0v) is 16.8. The molecule has 11 heteroatoms. The Labute approximate surface area is 179 Å². The van der Waals surface area contributed by atoms with Crippen LogP contribution in [0.25, 0.3) is 5.69 Å². The number of alkyl halides is 3. The fraction of sp³-hybridized carbons (Fsp3) is 0.143. The maximum absolute atomic E-state index is 12.8. The Morgan fingerprint density at radius 1 is 1.03 bits per heavy atom. The van der Waals surface area contributed by atoms with Gasteiger partial charge in [0.1, 0.15) is 0 Å². The lowest BCUT2D eigenvalue weighted by Crippen LogP contribution is -2.23. The van der Waals surface area contributed by atoms with Crippen LogP contribution in [0.1, 0.15) is 44.5 Å². The zero-order valence-electron chi connectivity index (χ0n) is 16.8. The fourth-order valence-electron chi connectivity index (χ4n) is 2.97. The van der Waals surface area contributed by atoms with E-state index in [4.69, 9.17) is 5.11 Å². The fourth-order valence-corrected chi connectivity index (χ4v) is 2.97. The second-order valence-electron chi connectivity index (χ2n) is 6.82. The number of hydrazone groups is 1. The lowest BCUT2D eigenvalue weighted by Gasteiger charge is -2.07. The summed E-state index contributed by atoms with van der Waals surface area (Å²) in [5.74, 6) is -1.74. The van der Waals surface area contributed by atoms with Crippen molar-refractivity contribution in [3.63, 3.8) is 0 Å². The number of nitrogens with one attached hydrogen (secondary N) is 2. The van der Waals surface area contributed by atoms with Crippen molar-refractivity contribution in [2.45, 2.75) is 20.0 Å². The smallest absolute Gasteiger partial charge is 0.416 e. The van der Waals surface area contributed by atoms with E-state index in [2.05, 4.69) is 15.6 Å². The van der Waals surface area contributed by atoms with Gasteiger partial charge in [-0.1, -0.05) is 0 Å². The van der Waals surface area contributed by atoms with Crippen molar-refractivity contribution in [2.24, 2.45) is 5.10 Å². The molecule has 0 spiro atoms. The summed E-state index contributed by atoms with van der Waals surface area (Å²) in [7, 11) is 0. The van der Waals surface area contributed by atoms with Crippen LogP contribution in [0.2, 0.25) is 0 Å². The normalized spacial score (nSPS) is 12.0. The average molecular weight is 446 g/mol. The first-order valence-electron chi connectivity index (χ1n) is 9.16. The van der Waals surface area contributed by atoms with Gasteiger partial charge in [0.2, 0.25) is 0 Å². The van der Waals surface area contributed by atoms with Gasteiger partial charge in [0.15, 0.2) is 0 Å². The zero-order chi connectivity index (χ0) is 23.6. The number of aromatic nitrogens is 2. The van der Waals surface area contributed by atoms with Crippen LogP contribution >= 0.6 is 0 Å². The van der Waals surface area contributed by atoms with E-state index in [1.165, 1.54) is 43.3 Å². The van der Waals surface area contributed by atoms with Crippen LogP contribution in [0.3, 0.4) is 0 Å². The van der Waals surface area contributed by atoms with Crippen LogP contribution in [0, 0.1) is 6.92 Å². The minimum atomic E-state index is -4.49. The van der Waals surface area contributed by atoms with Gasteiger partial charge in [-0.25, -0.2) is 14.9 Å². The summed E-state index contributed by atoms with van der Waals surface area (Å²) in [5.41, 5.74) is 2.00. The first-order valence-corrected chi connectivity index (χ1v) is 9.16. The molecule has 0 radical (unpaired) electrons. The maximum atomic E-state index is 12.8. The van der Waals surface area contributed by atoms with Crippen LogP contribution in [-0.2, 0) is 6.18 Å². The van der Waals surface area contributed by atoms with Gasteiger partial charge in [-0.15, -0.1) is 0 Å². The van der Waals surface area contributed by atoms with Crippen LogP contribution in [-0.4, -0.2) is 32.5 Å². The standard InChI is InChI=1S/C21H17F3N4O4/c1-11(25-26-18(29)13-3-5-14(6-4-13)20(31)32)17-12(2)27-28(19(17)30)16-9-7-15(8-10-16)21(22,23)24/h3-10,27H,1-2H3,(H,26,29)(H,31,32)/b25-11+. The van der Waals surface area contributed by atoms with Gasteiger partial charge in [0.25, 0.3) is 11.5 Å². The highest BCUT2D eigenvalue weighted by Gasteiger charge is 2.30. The third kappa shape index (κ3) is 4.61. The first-order chi connectivity index (χ1) is 15.0. The van der Waals surface area contributed by atoms with Gasteiger partial charge in [0, 0.05) is 11.3 Å². The SMILES string of the molecule is C/C(=N\NC(=O)c1ccc(C(=O)O)cc1)c1c(C)[nH]n(-c2ccc(C(F)(F)F)cc2)c1=O. The third-order valence-electron chi connectivity index (χ3n) is 4.61. The van der Waals surface area contributed by atoms with Crippen molar-refractivity contribution in [1.29, 1.82) is 0 Å². The highest BCUT2D eigenvalue weighted by molar-refractivity contribution is 6.01. The predicted molar refractivity (Wildman–Crippen MR) is 109 cm³/mol. The van der Waals surface area contributed by atoms with Gasteiger partial charge in [-0.2, -0.15) is 18.3 Å². The summed E-state index contributed by atoms with van der Waals surface area (Å²) in [4.78, 5) is 35.9. The molecular formula is C21H17F3N4O4. The third-order valence-corrected chi connectivity index (χ3v) is 4.61. The number of H-pyrrole nitrogens is 1. The molecule has 0 saturated carbocycles. The van der Waals surface area contributed by atoms with E-state index in [-0.39, 0.29) is 28.1 Å². The van der Waals surface area contributed by atoms with E-state index in [0.29, 0.717) is 5.69 Å². The summed E-state index contributed by atoms with van der Waals surface area (Å²) >= 11 is 0. The molecule has 0 bridgehead atoms. The van der Waals surface area contributed by atoms with Gasteiger partial charge >= 0.3 is 12.1 Å². The molecule has 1 amide bonds. The molecule has 32 heavy (non-hydrogen) atoms. The number of aryl methyl sites for hydroxylation is 1. The molecule has 0 unspecified atom stereocenters. The van der Waals surface area contributed by atoms with E-state index in [9.17, 15) is 27.6 Å². The number of aromatic carboxylic acids is 1. The first kappa shape index (κ1) is 22.5.